The Bertz CT molecular complexity index is 3610. The SMILES string of the molecule is N#Cc1cc(-c2nc(-c3ccccc3)nc(-c3ccccc3)n2)ccc1-n1c2ccccc2c2ccc3oc4c(ccc5c4c4ccccc4n5-c4ccccc4)c3c21. The molecule has 0 radical (unpaired) electrons. The average Bonchev–Trinajstić information content (AvgIpc) is 3.97. The first-order valence-corrected chi connectivity index (χ1v) is 19.5. The second-order valence-corrected chi connectivity index (χ2v) is 14.7. The summed E-state index contributed by atoms with van der Waals surface area (Å²) in [7, 11) is 0. The van der Waals surface area contributed by atoms with Crippen molar-refractivity contribution in [3.63, 3.8) is 0 Å². The van der Waals surface area contributed by atoms with Gasteiger partial charge in [-0.05, 0) is 66.7 Å². The number of benzene rings is 8. The molecule has 0 N–H and O–H groups in total. The van der Waals surface area contributed by atoms with Crippen LogP contribution in [-0.4, -0.2) is 24.1 Å². The van der Waals surface area contributed by atoms with Crippen molar-refractivity contribution in [2.45, 2.75) is 0 Å². The molecule has 0 aliphatic carbocycles. The van der Waals surface area contributed by atoms with Crippen LogP contribution in [0.4, 0.5) is 0 Å². The molecule has 0 bridgehead atoms. The highest BCUT2D eigenvalue weighted by molar-refractivity contribution is 6.30. The number of hydrogen-bond donors (Lipinski definition) is 0. The number of nitriles is 1. The lowest BCUT2D eigenvalue weighted by molar-refractivity contribution is 0.673. The predicted molar refractivity (Wildman–Crippen MR) is 237 cm³/mol. The van der Waals surface area contributed by atoms with E-state index in [1.165, 1.54) is 0 Å². The molecule has 0 aliphatic rings. The van der Waals surface area contributed by atoms with Gasteiger partial charge < -0.3 is 13.6 Å². The molecule has 4 heterocycles. The highest BCUT2D eigenvalue weighted by Crippen LogP contribution is 2.45. The molecule has 0 unspecified atom stereocenters. The lowest BCUT2D eigenvalue weighted by Gasteiger charge is -2.13. The number of hydrogen-bond acceptors (Lipinski definition) is 5. The van der Waals surface area contributed by atoms with Gasteiger partial charge in [-0.2, -0.15) is 5.26 Å². The van der Waals surface area contributed by atoms with Crippen molar-refractivity contribution in [1.29, 1.82) is 5.26 Å². The van der Waals surface area contributed by atoms with Gasteiger partial charge in [0, 0.05) is 43.9 Å². The molecule has 4 aromatic heterocycles. The summed E-state index contributed by atoms with van der Waals surface area (Å²) in [5.41, 5.74) is 10.6. The Labute approximate surface area is 337 Å². The summed E-state index contributed by atoms with van der Waals surface area (Å²) in [6, 6.07) is 64.2. The van der Waals surface area contributed by atoms with E-state index < -0.39 is 0 Å². The van der Waals surface area contributed by atoms with Crippen molar-refractivity contribution < 1.29 is 4.42 Å². The lowest BCUT2D eigenvalue weighted by Crippen LogP contribution is -2.02. The number of rotatable bonds is 5. The maximum Gasteiger partial charge on any atom is 0.164 e. The molecular formula is C52H30N6O. The molecule has 7 heteroatoms. The topological polar surface area (TPSA) is 85.5 Å². The van der Waals surface area contributed by atoms with E-state index in [4.69, 9.17) is 19.4 Å². The van der Waals surface area contributed by atoms with Crippen molar-refractivity contribution in [2.75, 3.05) is 0 Å². The zero-order chi connectivity index (χ0) is 39.0. The van der Waals surface area contributed by atoms with Crippen LogP contribution in [0.2, 0.25) is 0 Å². The van der Waals surface area contributed by atoms with E-state index in [-0.39, 0.29) is 0 Å². The van der Waals surface area contributed by atoms with Crippen LogP contribution in [0.25, 0.3) is 111 Å². The molecule has 0 atom stereocenters. The summed E-state index contributed by atoms with van der Waals surface area (Å²) in [4.78, 5) is 14.8. The summed E-state index contributed by atoms with van der Waals surface area (Å²) in [6.07, 6.45) is 0. The minimum absolute atomic E-state index is 0.491. The third-order valence-electron chi connectivity index (χ3n) is 11.4. The molecule has 0 amide bonds. The van der Waals surface area contributed by atoms with E-state index >= 15 is 0 Å². The van der Waals surface area contributed by atoms with Gasteiger partial charge in [-0.15, -0.1) is 0 Å². The zero-order valence-corrected chi connectivity index (χ0v) is 31.4. The van der Waals surface area contributed by atoms with Gasteiger partial charge in [0.15, 0.2) is 17.5 Å². The second kappa shape index (κ2) is 12.8. The van der Waals surface area contributed by atoms with Crippen LogP contribution in [0.15, 0.2) is 186 Å². The Morgan fingerprint density at radius 3 is 1.69 bits per heavy atom. The Hall–Kier alpha value is -8.34. The summed E-state index contributed by atoms with van der Waals surface area (Å²) in [5, 5.41) is 17.3. The molecule has 0 fully saturated rings. The molecule has 274 valence electrons. The van der Waals surface area contributed by atoms with Crippen molar-refractivity contribution >= 4 is 65.6 Å². The zero-order valence-electron chi connectivity index (χ0n) is 31.4. The van der Waals surface area contributed by atoms with E-state index in [1.807, 2.05) is 91.0 Å². The smallest absolute Gasteiger partial charge is 0.164 e. The number of nitrogens with zero attached hydrogens (tertiary/aromatic N) is 6. The minimum atomic E-state index is 0.491. The summed E-state index contributed by atoms with van der Waals surface area (Å²) < 4.78 is 11.5. The van der Waals surface area contributed by atoms with E-state index in [0.717, 1.165) is 93.6 Å². The number of fused-ring (bicyclic) bond motifs is 11. The van der Waals surface area contributed by atoms with Crippen molar-refractivity contribution in [2.24, 2.45) is 0 Å². The molecule has 0 aliphatic heterocycles. The first kappa shape index (κ1) is 32.9. The standard InChI is InChI=1S/C52H30N6O/c53-31-35-30-34(52-55-50(32-14-4-1-5-15-32)54-51(56-52)33-16-6-2-7-17-33)24-27-41(35)58-42-22-12-10-20-37(42)38-26-29-45-47(48(38)58)40-25-28-44-46(49(40)59-45)39-21-11-13-23-43(39)57(44)36-18-8-3-9-19-36/h1-30H. The van der Waals surface area contributed by atoms with Crippen LogP contribution in [-0.2, 0) is 0 Å². The van der Waals surface area contributed by atoms with Crippen LogP contribution in [0.5, 0.6) is 0 Å². The van der Waals surface area contributed by atoms with Gasteiger partial charge >= 0.3 is 0 Å². The third kappa shape index (κ3) is 4.97. The normalized spacial score (nSPS) is 11.7. The Balaban J connectivity index is 1.11. The molecule has 8 aromatic carbocycles. The number of furan rings is 1. The van der Waals surface area contributed by atoms with Crippen molar-refractivity contribution in [3.05, 3.63) is 188 Å². The second-order valence-electron chi connectivity index (χ2n) is 14.7. The van der Waals surface area contributed by atoms with Gasteiger partial charge in [-0.25, -0.2) is 15.0 Å². The van der Waals surface area contributed by atoms with Crippen LogP contribution in [0, 0.1) is 11.3 Å². The van der Waals surface area contributed by atoms with Gasteiger partial charge in [0.05, 0.1) is 44.1 Å². The highest BCUT2D eigenvalue weighted by atomic mass is 16.3. The quantitative estimate of drug-likeness (QED) is 0.175. The highest BCUT2D eigenvalue weighted by Gasteiger charge is 2.24. The van der Waals surface area contributed by atoms with E-state index in [1.54, 1.807) is 0 Å². The van der Waals surface area contributed by atoms with Crippen molar-refractivity contribution in [3.8, 4) is 51.6 Å². The van der Waals surface area contributed by atoms with E-state index in [2.05, 4.69) is 106 Å². The Morgan fingerprint density at radius 2 is 1.02 bits per heavy atom. The molecular weight excluding hydrogens is 725 g/mol. The lowest BCUT2D eigenvalue weighted by atomic mass is 10.0. The first-order chi connectivity index (χ1) is 29.2. The molecule has 12 rings (SSSR count). The predicted octanol–water partition coefficient (Wildman–Crippen LogP) is 12.8. The fourth-order valence-corrected chi connectivity index (χ4v) is 8.83. The van der Waals surface area contributed by atoms with Crippen LogP contribution >= 0.6 is 0 Å². The fourth-order valence-electron chi connectivity index (χ4n) is 8.83. The molecule has 12 aromatic rings. The number of para-hydroxylation sites is 3. The molecule has 0 spiro atoms. The summed E-state index contributed by atoms with van der Waals surface area (Å²) in [5.74, 6) is 1.62. The van der Waals surface area contributed by atoms with Gasteiger partial charge in [-0.1, -0.05) is 115 Å². The van der Waals surface area contributed by atoms with Crippen LogP contribution < -0.4 is 0 Å². The van der Waals surface area contributed by atoms with E-state index in [9.17, 15) is 5.26 Å². The largest absolute Gasteiger partial charge is 0.455 e. The maximum atomic E-state index is 10.9. The summed E-state index contributed by atoms with van der Waals surface area (Å²) >= 11 is 0. The van der Waals surface area contributed by atoms with Gasteiger partial charge in [-0.3, -0.25) is 0 Å². The van der Waals surface area contributed by atoms with Gasteiger partial charge in [0.2, 0.25) is 0 Å². The number of aromatic nitrogens is 5. The molecule has 0 saturated heterocycles. The molecule has 7 nitrogen and oxygen atoms in total. The Morgan fingerprint density at radius 1 is 0.441 bits per heavy atom. The monoisotopic (exact) mass is 754 g/mol. The van der Waals surface area contributed by atoms with E-state index in [0.29, 0.717) is 23.0 Å². The fraction of sp³-hybridized carbons (Fsp3) is 0. The molecule has 59 heavy (non-hydrogen) atoms. The van der Waals surface area contributed by atoms with Gasteiger partial charge in [0.1, 0.15) is 17.2 Å². The van der Waals surface area contributed by atoms with Crippen molar-refractivity contribution in [1.82, 2.24) is 24.1 Å². The van der Waals surface area contributed by atoms with Crippen LogP contribution in [0.3, 0.4) is 0 Å². The average molecular weight is 755 g/mol. The minimum Gasteiger partial charge on any atom is -0.455 e. The van der Waals surface area contributed by atoms with Crippen LogP contribution in [0.1, 0.15) is 5.56 Å². The first-order valence-electron chi connectivity index (χ1n) is 19.5. The maximum absolute atomic E-state index is 10.9. The third-order valence-corrected chi connectivity index (χ3v) is 11.4. The molecule has 0 saturated carbocycles. The summed E-state index contributed by atoms with van der Waals surface area (Å²) in [6.45, 7) is 0. The van der Waals surface area contributed by atoms with Gasteiger partial charge in [0.25, 0.3) is 0 Å². The Kier molecular flexibility index (Phi) is 7.16.